The number of ether oxygens (including phenoxy) is 2. The molecule has 1 N–H and O–H groups in total. The lowest BCUT2D eigenvalue weighted by molar-refractivity contribution is 0.104. The Kier molecular flexibility index (Phi) is 3.14. The molecule has 0 aromatic heterocycles. The normalized spacial score (nSPS) is 19.6. The van der Waals surface area contributed by atoms with E-state index in [0.29, 0.717) is 19.3 Å². The van der Waals surface area contributed by atoms with Crippen LogP contribution in [-0.4, -0.2) is 24.4 Å². The zero-order valence-electron chi connectivity index (χ0n) is 7.98. The minimum Gasteiger partial charge on any atom is -0.392 e. The molecule has 76 valence electrons. The van der Waals surface area contributed by atoms with Crippen molar-refractivity contribution >= 4 is 0 Å². The monoisotopic (exact) mass is 194 g/mol. The summed E-state index contributed by atoms with van der Waals surface area (Å²) in [6.07, 6.45) is 0.326. The molecule has 3 heteroatoms. The van der Waals surface area contributed by atoms with Crippen molar-refractivity contribution < 1.29 is 14.6 Å². The second kappa shape index (κ2) is 4.55. The lowest BCUT2D eigenvalue weighted by Crippen LogP contribution is -2.01. The molecule has 1 aromatic rings. The van der Waals surface area contributed by atoms with Gasteiger partial charge in [0.1, 0.15) is 6.10 Å². The lowest BCUT2D eigenvalue weighted by Gasteiger charge is -2.03. The van der Waals surface area contributed by atoms with E-state index < -0.39 is 0 Å². The van der Waals surface area contributed by atoms with Crippen LogP contribution in [0.15, 0.2) is 24.3 Å². The van der Waals surface area contributed by atoms with Gasteiger partial charge < -0.3 is 14.6 Å². The summed E-state index contributed by atoms with van der Waals surface area (Å²) in [6.45, 7) is 2.23. The van der Waals surface area contributed by atoms with E-state index in [-0.39, 0.29) is 6.61 Å². The first kappa shape index (κ1) is 9.65. The first-order valence-corrected chi connectivity index (χ1v) is 4.76. The number of hydrogen-bond acceptors (Lipinski definition) is 3. The quantitative estimate of drug-likeness (QED) is 0.713. The molecular weight excluding hydrogens is 180 g/mol. The first-order chi connectivity index (χ1) is 6.88. The van der Waals surface area contributed by atoms with E-state index >= 15 is 0 Å². The van der Waals surface area contributed by atoms with Crippen molar-refractivity contribution in [2.24, 2.45) is 0 Å². The maximum absolute atomic E-state index is 8.84. The number of aliphatic hydroxyl groups excluding tert-OH is 1. The molecular formula is C11H14O3. The number of aliphatic hydroxyl groups is 1. The standard InChI is InChI=1S/C11H14O3/c12-5-9-1-3-10(4-2-9)6-13-7-11-8-14-11/h1-4,11-12H,5-8H2. The van der Waals surface area contributed by atoms with Gasteiger partial charge in [-0.3, -0.25) is 0 Å². The van der Waals surface area contributed by atoms with Crippen LogP contribution in [0.2, 0.25) is 0 Å². The van der Waals surface area contributed by atoms with Crippen molar-refractivity contribution in [2.45, 2.75) is 19.3 Å². The van der Waals surface area contributed by atoms with Crippen LogP contribution in [0.4, 0.5) is 0 Å². The van der Waals surface area contributed by atoms with Gasteiger partial charge in [0.05, 0.1) is 26.4 Å². The fourth-order valence-electron chi connectivity index (χ4n) is 1.21. The molecule has 1 atom stereocenters. The minimum atomic E-state index is 0.0943. The Bertz CT molecular complexity index is 277. The molecule has 3 nitrogen and oxygen atoms in total. The number of hydrogen-bond donors (Lipinski definition) is 1. The molecule has 0 aliphatic carbocycles. The third kappa shape index (κ3) is 2.80. The van der Waals surface area contributed by atoms with Gasteiger partial charge in [0.2, 0.25) is 0 Å². The van der Waals surface area contributed by atoms with Gasteiger partial charge in [-0.25, -0.2) is 0 Å². The number of benzene rings is 1. The second-order valence-corrected chi connectivity index (χ2v) is 3.45. The van der Waals surface area contributed by atoms with Gasteiger partial charge in [-0.2, -0.15) is 0 Å². The van der Waals surface area contributed by atoms with E-state index in [2.05, 4.69) is 0 Å². The van der Waals surface area contributed by atoms with Crippen molar-refractivity contribution in [1.82, 2.24) is 0 Å². The van der Waals surface area contributed by atoms with Crippen LogP contribution < -0.4 is 0 Å². The maximum Gasteiger partial charge on any atom is 0.104 e. The SMILES string of the molecule is OCc1ccc(COCC2CO2)cc1. The zero-order valence-corrected chi connectivity index (χ0v) is 7.98. The van der Waals surface area contributed by atoms with Crippen LogP contribution in [0.1, 0.15) is 11.1 Å². The van der Waals surface area contributed by atoms with Gasteiger partial charge in [0.25, 0.3) is 0 Å². The summed E-state index contributed by atoms with van der Waals surface area (Å²) in [5.41, 5.74) is 2.06. The van der Waals surface area contributed by atoms with E-state index in [4.69, 9.17) is 14.6 Å². The van der Waals surface area contributed by atoms with E-state index in [1.165, 1.54) is 0 Å². The van der Waals surface area contributed by atoms with Gasteiger partial charge in [-0.15, -0.1) is 0 Å². The van der Waals surface area contributed by atoms with E-state index in [1.807, 2.05) is 24.3 Å². The predicted molar refractivity (Wildman–Crippen MR) is 51.8 cm³/mol. The fourth-order valence-corrected chi connectivity index (χ4v) is 1.21. The summed E-state index contributed by atoms with van der Waals surface area (Å²) in [5.74, 6) is 0. The van der Waals surface area contributed by atoms with Crippen LogP contribution in [0.5, 0.6) is 0 Å². The Labute approximate surface area is 83.3 Å². The molecule has 0 bridgehead atoms. The minimum absolute atomic E-state index is 0.0943. The van der Waals surface area contributed by atoms with Crippen molar-refractivity contribution in [2.75, 3.05) is 13.2 Å². The molecule has 14 heavy (non-hydrogen) atoms. The number of epoxide rings is 1. The van der Waals surface area contributed by atoms with Crippen LogP contribution in [0.3, 0.4) is 0 Å². The molecule has 0 amide bonds. The summed E-state index contributed by atoms with van der Waals surface area (Å²) in [7, 11) is 0. The Morgan fingerprint density at radius 2 is 1.93 bits per heavy atom. The lowest BCUT2D eigenvalue weighted by atomic mass is 10.1. The second-order valence-electron chi connectivity index (χ2n) is 3.45. The fraction of sp³-hybridized carbons (Fsp3) is 0.455. The number of rotatable bonds is 5. The highest BCUT2D eigenvalue weighted by molar-refractivity contribution is 5.21. The van der Waals surface area contributed by atoms with Crippen LogP contribution >= 0.6 is 0 Å². The molecule has 1 aromatic carbocycles. The Morgan fingerprint density at radius 1 is 1.29 bits per heavy atom. The topological polar surface area (TPSA) is 42.0 Å². The van der Waals surface area contributed by atoms with E-state index in [0.717, 1.165) is 17.7 Å². The maximum atomic E-state index is 8.84. The molecule has 0 radical (unpaired) electrons. The van der Waals surface area contributed by atoms with Gasteiger partial charge in [-0.1, -0.05) is 24.3 Å². The van der Waals surface area contributed by atoms with Gasteiger partial charge in [0, 0.05) is 0 Å². The Hall–Kier alpha value is -0.900. The molecule has 0 saturated carbocycles. The highest BCUT2D eigenvalue weighted by atomic mass is 16.6. The summed E-state index contributed by atoms with van der Waals surface area (Å²) in [5, 5.41) is 8.84. The molecule has 1 heterocycles. The highest BCUT2D eigenvalue weighted by Crippen LogP contribution is 2.11. The molecule has 1 unspecified atom stereocenters. The van der Waals surface area contributed by atoms with Gasteiger partial charge in [-0.05, 0) is 11.1 Å². The third-order valence-corrected chi connectivity index (χ3v) is 2.18. The van der Waals surface area contributed by atoms with Gasteiger partial charge >= 0.3 is 0 Å². The summed E-state index contributed by atoms with van der Waals surface area (Å²) >= 11 is 0. The Morgan fingerprint density at radius 3 is 2.50 bits per heavy atom. The Balaban J connectivity index is 1.77. The smallest absolute Gasteiger partial charge is 0.104 e. The molecule has 1 saturated heterocycles. The largest absolute Gasteiger partial charge is 0.392 e. The van der Waals surface area contributed by atoms with Crippen molar-refractivity contribution in [3.05, 3.63) is 35.4 Å². The predicted octanol–water partition coefficient (Wildman–Crippen LogP) is 1.09. The molecule has 0 spiro atoms. The van der Waals surface area contributed by atoms with Gasteiger partial charge in [0.15, 0.2) is 0 Å². The van der Waals surface area contributed by atoms with E-state index in [9.17, 15) is 0 Å². The highest BCUT2D eigenvalue weighted by Gasteiger charge is 2.22. The molecule has 2 rings (SSSR count). The van der Waals surface area contributed by atoms with Crippen LogP contribution in [0, 0.1) is 0 Å². The van der Waals surface area contributed by atoms with Crippen molar-refractivity contribution in [3.8, 4) is 0 Å². The average Bonchev–Trinajstić information content (AvgIpc) is 3.03. The average molecular weight is 194 g/mol. The van der Waals surface area contributed by atoms with Crippen LogP contribution in [-0.2, 0) is 22.7 Å². The zero-order chi connectivity index (χ0) is 9.80. The third-order valence-electron chi connectivity index (χ3n) is 2.18. The summed E-state index contributed by atoms with van der Waals surface area (Å²) < 4.78 is 10.5. The first-order valence-electron chi connectivity index (χ1n) is 4.76. The van der Waals surface area contributed by atoms with E-state index in [1.54, 1.807) is 0 Å². The van der Waals surface area contributed by atoms with Crippen molar-refractivity contribution in [1.29, 1.82) is 0 Å². The molecule has 1 aliphatic heterocycles. The summed E-state index contributed by atoms with van der Waals surface area (Å²) in [6, 6.07) is 7.76. The summed E-state index contributed by atoms with van der Waals surface area (Å²) in [4.78, 5) is 0. The van der Waals surface area contributed by atoms with Crippen molar-refractivity contribution in [3.63, 3.8) is 0 Å². The molecule has 1 aliphatic rings. The molecule has 1 fully saturated rings. The van der Waals surface area contributed by atoms with Crippen LogP contribution in [0.25, 0.3) is 0 Å².